The van der Waals surface area contributed by atoms with Crippen molar-refractivity contribution in [1.82, 2.24) is 30.0 Å². The van der Waals surface area contributed by atoms with E-state index in [1.807, 2.05) is 6.92 Å². The SMILES string of the molecule is CC(c1nnn(-c2cc(Cl)ccc2F)n1)N1CCN(C(=O)O)CC1. The lowest BCUT2D eigenvalue weighted by atomic mass is 10.2. The third kappa shape index (κ3) is 3.31. The van der Waals surface area contributed by atoms with Crippen molar-refractivity contribution in [3.63, 3.8) is 0 Å². The Bertz CT molecular complexity index is 747. The molecule has 0 saturated carbocycles. The van der Waals surface area contributed by atoms with E-state index in [0.717, 1.165) is 4.80 Å². The fourth-order valence-corrected chi connectivity index (χ4v) is 2.76. The Morgan fingerprint density at radius 1 is 1.33 bits per heavy atom. The van der Waals surface area contributed by atoms with Gasteiger partial charge in [-0.2, -0.15) is 0 Å². The van der Waals surface area contributed by atoms with Crippen LogP contribution in [0.3, 0.4) is 0 Å². The van der Waals surface area contributed by atoms with Crippen LogP contribution in [0.25, 0.3) is 5.69 Å². The first-order valence-corrected chi connectivity index (χ1v) is 7.81. The number of benzene rings is 1. The zero-order valence-corrected chi connectivity index (χ0v) is 13.7. The number of amides is 1. The van der Waals surface area contributed by atoms with Gasteiger partial charge >= 0.3 is 6.09 Å². The van der Waals surface area contributed by atoms with Crippen LogP contribution in [0.2, 0.25) is 5.02 Å². The van der Waals surface area contributed by atoms with Gasteiger partial charge < -0.3 is 10.0 Å². The van der Waals surface area contributed by atoms with Gasteiger partial charge in [0.1, 0.15) is 5.69 Å². The molecule has 1 fully saturated rings. The second-order valence-corrected chi connectivity index (χ2v) is 5.95. The smallest absolute Gasteiger partial charge is 0.407 e. The first-order chi connectivity index (χ1) is 11.5. The van der Waals surface area contributed by atoms with Crippen LogP contribution in [-0.4, -0.2) is 67.4 Å². The normalized spacial score (nSPS) is 17.0. The standard InChI is InChI=1S/C14H16ClFN6O2/c1-9(20-4-6-21(7-5-20)14(23)24)13-17-19-22(18-13)12-8-10(15)2-3-11(12)16/h2-3,8-9H,4-7H2,1H3,(H,23,24). The van der Waals surface area contributed by atoms with Gasteiger partial charge in [0.15, 0.2) is 11.6 Å². The lowest BCUT2D eigenvalue weighted by Crippen LogP contribution is -2.49. The van der Waals surface area contributed by atoms with E-state index in [1.165, 1.54) is 23.1 Å². The van der Waals surface area contributed by atoms with Crippen molar-refractivity contribution >= 4 is 17.7 Å². The summed E-state index contributed by atoms with van der Waals surface area (Å²) >= 11 is 5.88. The lowest BCUT2D eigenvalue weighted by molar-refractivity contribution is 0.0869. The van der Waals surface area contributed by atoms with Crippen LogP contribution in [-0.2, 0) is 0 Å². The summed E-state index contributed by atoms with van der Waals surface area (Å²) in [5.74, 6) is -0.0516. The number of hydrogen-bond acceptors (Lipinski definition) is 5. The van der Waals surface area contributed by atoms with E-state index in [-0.39, 0.29) is 11.7 Å². The van der Waals surface area contributed by atoms with Gasteiger partial charge in [0.05, 0.1) is 6.04 Å². The maximum atomic E-state index is 13.9. The van der Waals surface area contributed by atoms with Crippen molar-refractivity contribution in [2.45, 2.75) is 13.0 Å². The van der Waals surface area contributed by atoms with Gasteiger partial charge in [-0.3, -0.25) is 4.90 Å². The molecule has 0 radical (unpaired) electrons. The van der Waals surface area contributed by atoms with E-state index in [4.69, 9.17) is 16.7 Å². The molecule has 8 nitrogen and oxygen atoms in total. The van der Waals surface area contributed by atoms with Gasteiger partial charge in [-0.25, -0.2) is 9.18 Å². The molecule has 0 bridgehead atoms. The first kappa shape index (κ1) is 16.6. The first-order valence-electron chi connectivity index (χ1n) is 7.43. The predicted molar refractivity (Wildman–Crippen MR) is 83.7 cm³/mol. The fourth-order valence-electron chi connectivity index (χ4n) is 2.60. The molecule has 0 spiro atoms. The maximum absolute atomic E-state index is 13.9. The quantitative estimate of drug-likeness (QED) is 0.904. The van der Waals surface area contributed by atoms with E-state index in [1.54, 1.807) is 0 Å². The molecule has 10 heteroatoms. The van der Waals surface area contributed by atoms with E-state index < -0.39 is 11.9 Å². The number of carboxylic acid groups (broad SMARTS) is 1. The molecule has 1 unspecified atom stereocenters. The zero-order valence-electron chi connectivity index (χ0n) is 12.9. The van der Waals surface area contributed by atoms with Crippen molar-refractivity contribution in [3.05, 3.63) is 34.9 Å². The molecule has 2 heterocycles. The average molecular weight is 355 g/mol. The fraction of sp³-hybridized carbons (Fsp3) is 0.429. The van der Waals surface area contributed by atoms with E-state index in [0.29, 0.717) is 37.0 Å². The highest BCUT2D eigenvalue weighted by molar-refractivity contribution is 6.30. The third-order valence-electron chi connectivity index (χ3n) is 4.06. The number of nitrogens with zero attached hydrogens (tertiary/aromatic N) is 6. The van der Waals surface area contributed by atoms with E-state index >= 15 is 0 Å². The summed E-state index contributed by atoms with van der Waals surface area (Å²) in [7, 11) is 0. The summed E-state index contributed by atoms with van der Waals surface area (Å²) in [6.45, 7) is 3.92. The molecule has 1 N–H and O–H groups in total. The lowest BCUT2D eigenvalue weighted by Gasteiger charge is -2.35. The maximum Gasteiger partial charge on any atom is 0.407 e. The molecule has 1 amide bonds. The molecule has 1 saturated heterocycles. The summed E-state index contributed by atoms with van der Waals surface area (Å²) in [6.07, 6.45) is -0.914. The number of piperazine rings is 1. The monoisotopic (exact) mass is 354 g/mol. The second kappa shape index (κ2) is 6.70. The molecule has 1 aromatic carbocycles. The van der Waals surface area contributed by atoms with Gasteiger partial charge in [-0.1, -0.05) is 11.6 Å². The Morgan fingerprint density at radius 3 is 2.71 bits per heavy atom. The minimum absolute atomic E-state index is 0.129. The van der Waals surface area contributed by atoms with Crippen LogP contribution in [0.15, 0.2) is 18.2 Å². The Morgan fingerprint density at radius 2 is 2.04 bits per heavy atom. The van der Waals surface area contributed by atoms with Gasteiger partial charge in [-0.15, -0.1) is 15.0 Å². The Hall–Kier alpha value is -2.26. The highest BCUT2D eigenvalue weighted by Crippen LogP contribution is 2.20. The Balaban J connectivity index is 1.74. The van der Waals surface area contributed by atoms with Gasteiger partial charge in [0.25, 0.3) is 0 Å². The molecule has 3 rings (SSSR count). The molecule has 1 aliphatic heterocycles. The molecular formula is C14H16ClFN6O2. The number of tetrazole rings is 1. The van der Waals surface area contributed by atoms with E-state index in [2.05, 4.69) is 20.3 Å². The molecular weight excluding hydrogens is 339 g/mol. The molecule has 128 valence electrons. The summed E-state index contributed by atoms with van der Waals surface area (Å²) in [5.41, 5.74) is 0.129. The molecule has 0 aliphatic carbocycles. The minimum atomic E-state index is -0.914. The highest BCUT2D eigenvalue weighted by Gasteiger charge is 2.27. The highest BCUT2D eigenvalue weighted by atomic mass is 35.5. The molecule has 24 heavy (non-hydrogen) atoms. The van der Waals surface area contributed by atoms with Gasteiger partial charge in [-0.05, 0) is 30.3 Å². The number of rotatable bonds is 3. The van der Waals surface area contributed by atoms with Crippen molar-refractivity contribution < 1.29 is 14.3 Å². The van der Waals surface area contributed by atoms with Crippen LogP contribution < -0.4 is 0 Å². The van der Waals surface area contributed by atoms with E-state index in [9.17, 15) is 9.18 Å². The summed E-state index contributed by atoms with van der Waals surface area (Å²) in [6, 6.07) is 3.97. The van der Waals surface area contributed by atoms with Gasteiger partial charge in [0.2, 0.25) is 0 Å². The van der Waals surface area contributed by atoms with Crippen molar-refractivity contribution in [1.29, 1.82) is 0 Å². The van der Waals surface area contributed by atoms with Crippen LogP contribution in [0.1, 0.15) is 18.8 Å². The predicted octanol–water partition coefficient (Wildman–Crippen LogP) is 1.81. The van der Waals surface area contributed by atoms with Crippen molar-refractivity contribution in [3.8, 4) is 5.69 Å². The number of aromatic nitrogens is 4. The molecule has 1 aliphatic rings. The number of carbonyl (C=O) groups is 1. The minimum Gasteiger partial charge on any atom is -0.465 e. The van der Waals surface area contributed by atoms with Crippen LogP contribution >= 0.6 is 11.6 Å². The van der Waals surface area contributed by atoms with Crippen LogP contribution in [0.5, 0.6) is 0 Å². The summed E-state index contributed by atoms with van der Waals surface area (Å²) < 4.78 is 13.9. The van der Waals surface area contributed by atoms with Crippen LogP contribution in [0.4, 0.5) is 9.18 Å². The van der Waals surface area contributed by atoms with Crippen molar-refractivity contribution in [2.24, 2.45) is 0 Å². The van der Waals surface area contributed by atoms with Gasteiger partial charge in [0, 0.05) is 31.2 Å². The number of hydrogen-bond donors (Lipinski definition) is 1. The summed E-state index contributed by atoms with van der Waals surface area (Å²) in [4.78, 5) is 15.5. The Labute approximate surface area is 142 Å². The number of halogens is 2. The largest absolute Gasteiger partial charge is 0.465 e. The topological polar surface area (TPSA) is 87.4 Å². The molecule has 1 atom stereocenters. The second-order valence-electron chi connectivity index (χ2n) is 5.51. The molecule has 1 aromatic heterocycles. The average Bonchev–Trinajstić information content (AvgIpc) is 3.06. The van der Waals surface area contributed by atoms with Crippen molar-refractivity contribution in [2.75, 3.05) is 26.2 Å². The molecule has 2 aromatic rings. The van der Waals surface area contributed by atoms with Crippen LogP contribution in [0, 0.1) is 5.82 Å². The Kier molecular flexibility index (Phi) is 4.63. The summed E-state index contributed by atoms with van der Waals surface area (Å²) in [5, 5.41) is 21.5. The third-order valence-corrected chi connectivity index (χ3v) is 4.29. The zero-order chi connectivity index (χ0) is 17.3.